The van der Waals surface area contributed by atoms with E-state index in [0.717, 1.165) is 10.9 Å². The maximum absolute atomic E-state index is 12.6. The van der Waals surface area contributed by atoms with E-state index in [9.17, 15) is 9.59 Å². The van der Waals surface area contributed by atoms with E-state index >= 15 is 0 Å². The molecule has 1 aliphatic rings. The van der Waals surface area contributed by atoms with Gasteiger partial charge in [0.15, 0.2) is 17.1 Å². The van der Waals surface area contributed by atoms with Crippen molar-refractivity contribution in [3.8, 4) is 5.75 Å². The number of amides is 2. The first kappa shape index (κ1) is 14.4. The Hall–Kier alpha value is -2.50. The van der Waals surface area contributed by atoms with E-state index in [4.69, 9.17) is 14.9 Å². The van der Waals surface area contributed by atoms with Gasteiger partial charge in [0.05, 0.1) is 12.5 Å². The number of hydrogen-bond acceptors (Lipinski definition) is 4. The standard InChI is InChI=1S/C16H18N2O4/c1-9-10-5-4-6-11(21-3)13(10)22-12(9)14(19)18-7-16(2,8-18)15(17)20/h4-6H,7-8H2,1-3H3,(H2,17,20). The van der Waals surface area contributed by atoms with E-state index < -0.39 is 5.41 Å². The number of para-hydroxylation sites is 1. The molecule has 0 atom stereocenters. The third kappa shape index (κ3) is 1.94. The lowest BCUT2D eigenvalue weighted by Gasteiger charge is -2.45. The van der Waals surface area contributed by atoms with Crippen LogP contribution in [-0.2, 0) is 4.79 Å². The predicted octanol–water partition coefficient (Wildman–Crippen LogP) is 1.70. The number of ether oxygens (including phenoxy) is 1. The molecule has 1 aromatic carbocycles. The molecule has 22 heavy (non-hydrogen) atoms. The molecule has 0 bridgehead atoms. The zero-order chi connectivity index (χ0) is 16.1. The molecule has 1 fully saturated rings. The summed E-state index contributed by atoms with van der Waals surface area (Å²) in [5.41, 5.74) is 6.03. The number of primary amides is 1. The highest BCUT2D eigenvalue weighted by atomic mass is 16.5. The quantitative estimate of drug-likeness (QED) is 0.935. The number of likely N-dealkylation sites (tertiary alicyclic amines) is 1. The van der Waals surface area contributed by atoms with Crippen molar-refractivity contribution in [2.24, 2.45) is 11.1 Å². The van der Waals surface area contributed by atoms with Crippen LogP contribution in [0.5, 0.6) is 5.75 Å². The van der Waals surface area contributed by atoms with E-state index in [1.165, 1.54) is 0 Å². The zero-order valence-corrected chi connectivity index (χ0v) is 12.8. The number of aryl methyl sites for hydroxylation is 1. The second kappa shape index (κ2) is 4.76. The van der Waals surface area contributed by atoms with Gasteiger partial charge in [-0.3, -0.25) is 9.59 Å². The van der Waals surface area contributed by atoms with Gasteiger partial charge in [0.25, 0.3) is 5.91 Å². The molecule has 2 amide bonds. The van der Waals surface area contributed by atoms with Crippen molar-refractivity contribution in [1.82, 2.24) is 4.90 Å². The molecule has 2 aromatic rings. The van der Waals surface area contributed by atoms with Gasteiger partial charge in [0.2, 0.25) is 5.91 Å². The van der Waals surface area contributed by atoms with Gasteiger partial charge in [-0.2, -0.15) is 0 Å². The highest BCUT2D eigenvalue weighted by molar-refractivity contribution is 6.01. The summed E-state index contributed by atoms with van der Waals surface area (Å²) in [5.74, 6) is 0.255. The number of rotatable bonds is 3. The van der Waals surface area contributed by atoms with Crippen LogP contribution in [0, 0.1) is 12.3 Å². The van der Waals surface area contributed by atoms with Crippen LogP contribution < -0.4 is 10.5 Å². The highest BCUT2D eigenvalue weighted by Crippen LogP contribution is 2.35. The van der Waals surface area contributed by atoms with Crippen LogP contribution in [0.15, 0.2) is 22.6 Å². The van der Waals surface area contributed by atoms with Gasteiger partial charge in [0, 0.05) is 24.0 Å². The maximum Gasteiger partial charge on any atom is 0.289 e. The van der Waals surface area contributed by atoms with Gasteiger partial charge >= 0.3 is 0 Å². The summed E-state index contributed by atoms with van der Waals surface area (Å²) in [6, 6.07) is 5.52. The Morgan fingerprint density at radius 2 is 2.05 bits per heavy atom. The van der Waals surface area contributed by atoms with Gasteiger partial charge in [-0.15, -0.1) is 0 Å². The minimum Gasteiger partial charge on any atom is -0.493 e. The number of nitrogens with zero attached hydrogens (tertiary/aromatic N) is 1. The number of fused-ring (bicyclic) bond motifs is 1. The first-order valence-corrected chi connectivity index (χ1v) is 7.02. The van der Waals surface area contributed by atoms with E-state index in [1.54, 1.807) is 25.0 Å². The molecule has 0 radical (unpaired) electrons. The second-order valence-electron chi connectivity index (χ2n) is 5.98. The Balaban J connectivity index is 1.93. The number of benzene rings is 1. The molecule has 1 aromatic heterocycles. The summed E-state index contributed by atoms with van der Waals surface area (Å²) in [6.07, 6.45) is 0. The summed E-state index contributed by atoms with van der Waals surface area (Å²) in [4.78, 5) is 25.5. The van der Waals surface area contributed by atoms with Gasteiger partial charge in [-0.25, -0.2) is 0 Å². The monoisotopic (exact) mass is 302 g/mol. The second-order valence-corrected chi connectivity index (χ2v) is 5.98. The fourth-order valence-corrected chi connectivity index (χ4v) is 2.82. The van der Waals surface area contributed by atoms with E-state index in [1.807, 2.05) is 19.1 Å². The molecule has 6 heteroatoms. The van der Waals surface area contributed by atoms with Crippen molar-refractivity contribution in [3.63, 3.8) is 0 Å². The normalized spacial score (nSPS) is 16.4. The molecular formula is C16H18N2O4. The van der Waals surface area contributed by atoms with Gasteiger partial charge < -0.3 is 19.8 Å². The third-order valence-electron chi connectivity index (χ3n) is 4.30. The average molecular weight is 302 g/mol. The molecule has 0 saturated carbocycles. The molecule has 1 aliphatic heterocycles. The number of hydrogen-bond donors (Lipinski definition) is 1. The largest absolute Gasteiger partial charge is 0.493 e. The van der Waals surface area contributed by atoms with Crippen LogP contribution in [0.3, 0.4) is 0 Å². The van der Waals surface area contributed by atoms with E-state index in [0.29, 0.717) is 24.4 Å². The van der Waals surface area contributed by atoms with Crippen molar-refractivity contribution in [3.05, 3.63) is 29.5 Å². The lowest BCUT2D eigenvalue weighted by Crippen LogP contribution is -2.62. The Bertz CT molecular complexity index is 772. The molecule has 1 saturated heterocycles. The fourth-order valence-electron chi connectivity index (χ4n) is 2.82. The molecule has 116 valence electrons. The number of carbonyl (C=O) groups is 2. The van der Waals surface area contributed by atoms with Crippen molar-refractivity contribution < 1.29 is 18.7 Å². The number of nitrogens with two attached hydrogens (primary N) is 1. The van der Waals surface area contributed by atoms with Crippen LogP contribution in [0.1, 0.15) is 23.0 Å². The molecule has 0 aliphatic carbocycles. The van der Waals surface area contributed by atoms with Crippen LogP contribution in [0.2, 0.25) is 0 Å². The highest BCUT2D eigenvalue weighted by Gasteiger charge is 2.47. The molecule has 0 spiro atoms. The molecule has 2 heterocycles. The van der Waals surface area contributed by atoms with E-state index in [2.05, 4.69) is 0 Å². The maximum atomic E-state index is 12.6. The number of furan rings is 1. The van der Waals surface area contributed by atoms with Crippen LogP contribution >= 0.6 is 0 Å². The van der Waals surface area contributed by atoms with Gasteiger partial charge in [-0.1, -0.05) is 12.1 Å². The van der Waals surface area contributed by atoms with Gasteiger partial charge in [0.1, 0.15) is 0 Å². The Labute approximate surface area is 127 Å². The summed E-state index contributed by atoms with van der Waals surface area (Å²) in [5, 5.41) is 0.848. The zero-order valence-electron chi connectivity index (χ0n) is 12.8. The number of methoxy groups -OCH3 is 1. The smallest absolute Gasteiger partial charge is 0.289 e. The predicted molar refractivity (Wildman–Crippen MR) is 80.7 cm³/mol. The topological polar surface area (TPSA) is 85.8 Å². The first-order chi connectivity index (χ1) is 10.4. The van der Waals surface area contributed by atoms with Crippen molar-refractivity contribution in [1.29, 1.82) is 0 Å². The average Bonchev–Trinajstić information content (AvgIpc) is 2.80. The Morgan fingerprint density at radius 1 is 1.36 bits per heavy atom. The molecule has 2 N–H and O–H groups in total. The fraction of sp³-hybridized carbons (Fsp3) is 0.375. The summed E-state index contributed by atoms with van der Waals surface area (Å²) in [6.45, 7) is 4.22. The van der Waals surface area contributed by atoms with Crippen molar-refractivity contribution >= 4 is 22.8 Å². The third-order valence-corrected chi connectivity index (χ3v) is 4.30. The Kier molecular flexibility index (Phi) is 3.12. The van der Waals surface area contributed by atoms with Crippen LogP contribution in [-0.4, -0.2) is 36.9 Å². The van der Waals surface area contributed by atoms with Gasteiger partial charge in [-0.05, 0) is 19.9 Å². The molecule has 0 unspecified atom stereocenters. The molecular weight excluding hydrogens is 284 g/mol. The molecule has 3 rings (SSSR count). The molecule has 6 nitrogen and oxygen atoms in total. The minimum absolute atomic E-state index is 0.227. The SMILES string of the molecule is COc1cccc2c(C)c(C(=O)N3CC(C)(C(N)=O)C3)oc12. The lowest BCUT2D eigenvalue weighted by atomic mass is 9.81. The lowest BCUT2D eigenvalue weighted by molar-refractivity contribution is -0.134. The number of carbonyl (C=O) groups excluding carboxylic acids is 2. The summed E-state index contributed by atoms with van der Waals surface area (Å²) < 4.78 is 11.0. The van der Waals surface area contributed by atoms with E-state index in [-0.39, 0.29) is 17.6 Å². The Morgan fingerprint density at radius 3 is 2.64 bits per heavy atom. The van der Waals surface area contributed by atoms with Crippen molar-refractivity contribution in [2.45, 2.75) is 13.8 Å². The minimum atomic E-state index is -0.646. The van der Waals surface area contributed by atoms with Crippen LogP contribution in [0.4, 0.5) is 0 Å². The van der Waals surface area contributed by atoms with Crippen LogP contribution in [0.25, 0.3) is 11.0 Å². The summed E-state index contributed by atoms with van der Waals surface area (Å²) >= 11 is 0. The summed E-state index contributed by atoms with van der Waals surface area (Å²) in [7, 11) is 1.56. The van der Waals surface area contributed by atoms with Crippen molar-refractivity contribution in [2.75, 3.05) is 20.2 Å². The first-order valence-electron chi connectivity index (χ1n) is 7.02.